The first-order chi connectivity index (χ1) is 10.0. The Labute approximate surface area is 134 Å². The number of hydrogen-bond donors (Lipinski definition) is 1. The topological polar surface area (TPSA) is 38.0 Å². The average Bonchev–Trinajstić information content (AvgIpc) is 3.08. The maximum absolute atomic E-state index is 10.8. The fourth-order valence-corrected chi connectivity index (χ4v) is 3.52. The first-order valence-electron chi connectivity index (χ1n) is 7.57. The van der Waals surface area contributed by atoms with Crippen molar-refractivity contribution in [1.29, 1.82) is 0 Å². The molecule has 0 radical (unpaired) electrons. The van der Waals surface area contributed by atoms with Crippen LogP contribution in [0.4, 0.5) is 0 Å². The van der Waals surface area contributed by atoms with Crippen molar-refractivity contribution < 1.29 is 5.11 Å². The van der Waals surface area contributed by atoms with E-state index in [1.807, 2.05) is 37.3 Å². The molecule has 4 heteroatoms. The van der Waals surface area contributed by atoms with Gasteiger partial charge >= 0.3 is 0 Å². The summed E-state index contributed by atoms with van der Waals surface area (Å²) in [7, 11) is 0. The summed E-state index contributed by atoms with van der Waals surface area (Å²) in [5.74, 6) is 0. The fraction of sp³-hybridized carbons (Fsp3) is 0.471. The van der Waals surface area contributed by atoms with Gasteiger partial charge in [-0.3, -0.25) is 4.68 Å². The molecule has 1 heterocycles. The predicted octanol–water partition coefficient (Wildman–Crippen LogP) is 4.21. The molecule has 1 fully saturated rings. The zero-order chi connectivity index (χ0) is 14.9. The van der Waals surface area contributed by atoms with Crippen LogP contribution >= 0.6 is 15.9 Å². The average molecular weight is 349 g/mol. The molecule has 1 aromatic heterocycles. The molecule has 0 spiro atoms. The Morgan fingerprint density at radius 3 is 2.81 bits per heavy atom. The van der Waals surface area contributed by atoms with Crippen molar-refractivity contribution in [1.82, 2.24) is 9.78 Å². The van der Waals surface area contributed by atoms with Crippen LogP contribution in [0.2, 0.25) is 0 Å². The SMILES string of the molecule is CC(O)(Cc1ccn(C2CCCC2)n1)c1cccc(Br)c1. The molecule has 1 aliphatic carbocycles. The van der Waals surface area contributed by atoms with Gasteiger partial charge in [-0.05, 0) is 43.5 Å². The second-order valence-electron chi connectivity index (χ2n) is 6.19. The van der Waals surface area contributed by atoms with E-state index >= 15 is 0 Å². The molecule has 2 aromatic rings. The Hall–Kier alpha value is -1.13. The lowest BCUT2D eigenvalue weighted by Gasteiger charge is -2.23. The van der Waals surface area contributed by atoms with E-state index in [4.69, 9.17) is 0 Å². The van der Waals surface area contributed by atoms with E-state index in [1.54, 1.807) is 0 Å². The highest BCUT2D eigenvalue weighted by molar-refractivity contribution is 9.10. The number of aliphatic hydroxyl groups is 1. The van der Waals surface area contributed by atoms with Crippen molar-refractivity contribution in [2.45, 2.75) is 50.7 Å². The standard InChI is InChI=1S/C17H21BrN2O/c1-17(21,13-5-4-6-14(18)11-13)12-15-9-10-20(19-15)16-7-2-3-8-16/h4-6,9-11,16,21H,2-3,7-8,12H2,1H3. The molecule has 21 heavy (non-hydrogen) atoms. The van der Waals surface area contributed by atoms with Gasteiger partial charge in [-0.2, -0.15) is 5.10 Å². The zero-order valence-electron chi connectivity index (χ0n) is 12.3. The smallest absolute Gasteiger partial charge is 0.0924 e. The third-order valence-electron chi connectivity index (χ3n) is 4.33. The van der Waals surface area contributed by atoms with Crippen molar-refractivity contribution >= 4 is 15.9 Å². The van der Waals surface area contributed by atoms with Crippen molar-refractivity contribution in [3.05, 3.63) is 52.3 Å². The number of aromatic nitrogens is 2. The number of nitrogens with zero attached hydrogens (tertiary/aromatic N) is 2. The van der Waals surface area contributed by atoms with Gasteiger partial charge in [0.25, 0.3) is 0 Å². The van der Waals surface area contributed by atoms with Crippen LogP contribution < -0.4 is 0 Å². The third kappa shape index (κ3) is 3.38. The third-order valence-corrected chi connectivity index (χ3v) is 4.83. The Kier molecular flexibility index (Phi) is 4.18. The summed E-state index contributed by atoms with van der Waals surface area (Å²) in [6, 6.07) is 10.4. The normalized spacial score (nSPS) is 18.8. The first-order valence-corrected chi connectivity index (χ1v) is 8.36. The van der Waals surface area contributed by atoms with Crippen LogP contribution in [0.5, 0.6) is 0 Å². The molecule has 1 aliphatic rings. The van der Waals surface area contributed by atoms with Gasteiger partial charge in [0.2, 0.25) is 0 Å². The second kappa shape index (κ2) is 5.93. The first kappa shape index (κ1) is 14.8. The van der Waals surface area contributed by atoms with E-state index in [0.717, 1.165) is 15.7 Å². The van der Waals surface area contributed by atoms with Gasteiger partial charge in [0.15, 0.2) is 0 Å². The van der Waals surface area contributed by atoms with E-state index in [1.165, 1.54) is 25.7 Å². The van der Waals surface area contributed by atoms with Crippen molar-refractivity contribution in [3.63, 3.8) is 0 Å². The minimum absolute atomic E-state index is 0.531. The van der Waals surface area contributed by atoms with Gasteiger partial charge in [0, 0.05) is 17.1 Å². The van der Waals surface area contributed by atoms with Gasteiger partial charge in [-0.1, -0.05) is 40.9 Å². The molecule has 1 unspecified atom stereocenters. The molecule has 1 saturated carbocycles. The molecular formula is C17H21BrN2O. The summed E-state index contributed by atoms with van der Waals surface area (Å²) >= 11 is 3.46. The summed E-state index contributed by atoms with van der Waals surface area (Å²) in [6.45, 7) is 1.85. The van der Waals surface area contributed by atoms with Gasteiger partial charge in [-0.25, -0.2) is 0 Å². The molecular weight excluding hydrogens is 328 g/mol. The number of hydrogen-bond acceptors (Lipinski definition) is 2. The zero-order valence-corrected chi connectivity index (χ0v) is 13.9. The second-order valence-corrected chi connectivity index (χ2v) is 7.10. The Morgan fingerprint density at radius 2 is 2.10 bits per heavy atom. The van der Waals surface area contributed by atoms with Crippen molar-refractivity contribution in [3.8, 4) is 0 Å². The van der Waals surface area contributed by atoms with Gasteiger partial charge in [-0.15, -0.1) is 0 Å². The Bertz CT molecular complexity index is 615. The van der Waals surface area contributed by atoms with Crippen LogP contribution in [0.1, 0.15) is 49.9 Å². The van der Waals surface area contributed by atoms with Crippen LogP contribution in [0.3, 0.4) is 0 Å². The molecule has 0 amide bonds. The van der Waals surface area contributed by atoms with Crippen LogP contribution in [-0.4, -0.2) is 14.9 Å². The van der Waals surface area contributed by atoms with Crippen molar-refractivity contribution in [2.24, 2.45) is 0 Å². The highest BCUT2D eigenvalue weighted by atomic mass is 79.9. The molecule has 1 atom stereocenters. The number of benzene rings is 1. The molecule has 0 bridgehead atoms. The summed E-state index contributed by atoms with van der Waals surface area (Å²) in [6.07, 6.45) is 7.64. The molecule has 1 aromatic carbocycles. The van der Waals surface area contributed by atoms with Crippen LogP contribution in [-0.2, 0) is 12.0 Å². The lowest BCUT2D eigenvalue weighted by Crippen LogP contribution is -2.24. The predicted molar refractivity (Wildman–Crippen MR) is 87.1 cm³/mol. The lowest BCUT2D eigenvalue weighted by atomic mass is 9.91. The van der Waals surface area contributed by atoms with E-state index in [-0.39, 0.29) is 0 Å². The Morgan fingerprint density at radius 1 is 1.33 bits per heavy atom. The molecule has 3 rings (SSSR count). The monoisotopic (exact) mass is 348 g/mol. The maximum atomic E-state index is 10.8. The minimum Gasteiger partial charge on any atom is -0.385 e. The van der Waals surface area contributed by atoms with Gasteiger partial charge in [0.05, 0.1) is 17.3 Å². The number of halogens is 1. The summed E-state index contributed by atoms with van der Waals surface area (Å²) in [4.78, 5) is 0. The largest absolute Gasteiger partial charge is 0.385 e. The summed E-state index contributed by atoms with van der Waals surface area (Å²) < 4.78 is 3.07. The highest BCUT2D eigenvalue weighted by Gasteiger charge is 2.26. The Balaban J connectivity index is 1.76. The lowest BCUT2D eigenvalue weighted by molar-refractivity contribution is 0.0563. The highest BCUT2D eigenvalue weighted by Crippen LogP contribution is 2.30. The molecule has 112 valence electrons. The van der Waals surface area contributed by atoms with Crippen LogP contribution in [0.25, 0.3) is 0 Å². The maximum Gasteiger partial charge on any atom is 0.0924 e. The van der Waals surface area contributed by atoms with Crippen LogP contribution in [0, 0.1) is 0 Å². The van der Waals surface area contributed by atoms with Gasteiger partial charge in [0.1, 0.15) is 0 Å². The van der Waals surface area contributed by atoms with E-state index in [2.05, 4.69) is 31.9 Å². The minimum atomic E-state index is -0.904. The van der Waals surface area contributed by atoms with Crippen molar-refractivity contribution in [2.75, 3.05) is 0 Å². The molecule has 3 nitrogen and oxygen atoms in total. The molecule has 0 aliphatic heterocycles. The van der Waals surface area contributed by atoms with E-state index in [0.29, 0.717) is 12.5 Å². The summed E-state index contributed by atoms with van der Waals surface area (Å²) in [5, 5.41) is 15.4. The molecule has 0 saturated heterocycles. The van der Waals surface area contributed by atoms with E-state index in [9.17, 15) is 5.11 Å². The molecule has 1 N–H and O–H groups in total. The van der Waals surface area contributed by atoms with Crippen LogP contribution in [0.15, 0.2) is 41.0 Å². The number of rotatable bonds is 4. The van der Waals surface area contributed by atoms with Gasteiger partial charge < -0.3 is 5.11 Å². The summed E-state index contributed by atoms with van der Waals surface area (Å²) in [5.41, 5.74) is 0.956. The quantitative estimate of drug-likeness (QED) is 0.898. The van der Waals surface area contributed by atoms with E-state index < -0.39 is 5.60 Å². The fourth-order valence-electron chi connectivity index (χ4n) is 3.12.